The predicted octanol–water partition coefficient (Wildman–Crippen LogP) is 1.66. The Kier molecular flexibility index (Phi) is 9.22. The van der Waals surface area contributed by atoms with Gasteiger partial charge in [0.05, 0.1) is 0 Å². The van der Waals surface area contributed by atoms with Crippen LogP contribution in [-0.4, -0.2) is 70.8 Å². The lowest BCUT2D eigenvalue weighted by atomic mass is 9.74. The average molecular weight is 478 g/mol. The van der Waals surface area contributed by atoms with Crippen molar-refractivity contribution in [2.24, 2.45) is 11.7 Å². The number of rotatable bonds is 9. The zero-order valence-electron chi connectivity index (χ0n) is 20.8. The first-order chi connectivity index (χ1) is 15.8. The minimum atomic E-state index is -2.37. The van der Waals surface area contributed by atoms with Crippen LogP contribution in [0.15, 0.2) is 24.3 Å². The molecule has 1 aromatic carbocycles. The number of nitrogens with two attached hydrogens (primary N) is 1. The van der Waals surface area contributed by atoms with Gasteiger partial charge in [-0.15, -0.1) is 0 Å². The first-order valence-corrected chi connectivity index (χ1v) is 11.9. The van der Waals surface area contributed by atoms with Gasteiger partial charge in [-0.3, -0.25) is 4.79 Å². The molecular weight excluding hydrogens is 438 g/mol. The number of aliphatic hydroxyl groups is 1. The second-order valence-corrected chi connectivity index (χ2v) is 9.94. The maximum Gasteiger partial charge on any atom is 0.345 e. The highest BCUT2D eigenvalue weighted by atomic mass is 16.6. The van der Waals surface area contributed by atoms with Crippen LogP contribution in [-0.2, 0) is 19.8 Å². The van der Waals surface area contributed by atoms with Crippen molar-refractivity contribution in [2.45, 2.75) is 76.5 Å². The molecule has 1 fully saturated rings. The number of carbonyl (C=O) groups excluding carboxylic acids is 2. The first-order valence-electron chi connectivity index (χ1n) is 11.9. The third-order valence-corrected chi connectivity index (χ3v) is 6.88. The van der Waals surface area contributed by atoms with E-state index in [4.69, 9.17) is 10.5 Å². The van der Waals surface area contributed by atoms with E-state index < -0.39 is 41.4 Å². The van der Waals surface area contributed by atoms with Gasteiger partial charge in [-0.2, -0.15) is 0 Å². The summed E-state index contributed by atoms with van der Waals surface area (Å²) in [6.45, 7) is 8.42. The maximum absolute atomic E-state index is 12.8. The van der Waals surface area contributed by atoms with E-state index >= 15 is 0 Å². The second-order valence-electron chi connectivity index (χ2n) is 9.94. The summed E-state index contributed by atoms with van der Waals surface area (Å²) < 4.78 is 5.45. The Morgan fingerprint density at radius 1 is 1.29 bits per heavy atom. The van der Waals surface area contributed by atoms with Crippen molar-refractivity contribution in [1.29, 1.82) is 0 Å². The third kappa shape index (κ3) is 6.34. The van der Waals surface area contributed by atoms with Crippen LogP contribution in [0.5, 0.6) is 5.75 Å². The highest BCUT2D eigenvalue weighted by Gasteiger charge is 2.44. The molecule has 1 aliphatic rings. The van der Waals surface area contributed by atoms with Gasteiger partial charge >= 0.3 is 11.9 Å². The lowest BCUT2D eigenvalue weighted by Crippen LogP contribution is -2.62. The van der Waals surface area contributed by atoms with E-state index in [1.165, 1.54) is 0 Å². The van der Waals surface area contributed by atoms with Crippen LogP contribution in [0.2, 0.25) is 0 Å². The summed E-state index contributed by atoms with van der Waals surface area (Å²) in [5, 5.41) is 22.3. The molecule has 1 aliphatic heterocycles. The van der Waals surface area contributed by atoms with Crippen LogP contribution < -0.4 is 15.8 Å². The Bertz CT molecular complexity index is 887. The van der Waals surface area contributed by atoms with Crippen molar-refractivity contribution in [3.05, 3.63) is 29.8 Å². The Hall–Kier alpha value is -2.49. The van der Waals surface area contributed by atoms with E-state index in [0.717, 1.165) is 51.3 Å². The average Bonchev–Trinajstić information content (AvgIpc) is 2.98. The molecule has 4 atom stereocenters. The summed E-state index contributed by atoms with van der Waals surface area (Å²) in [7, 11) is 2.11. The van der Waals surface area contributed by atoms with Gasteiger partial charge < -0.3 is 30.9 Å². The SMILES string of the molecule is CCC1(c2cccc(OC(=O)[C@](C)(O)[C@H](N)C(=O)N[C@H](C(=O)O)C(C)C)c2)CCCCN(C)C1. The van der Waals surface area contributed by atoms with Crippen molar-refractivity contribution in [2.75, 3.05) is 20.1 Å². The van der Waals surface area contributed by atoms with Gasteiger partial charge in [0.2, 0.25) is 5.91 Å². The summed E-state index contributed by atoms with van der Waals surface area (Å²) in [6.07, 6.45) is 4.19. The Morgan fingerprint density at radius 2 is 1.97 bits per heavy atom. The summed E-state index contributed by atoms with van der Waals surface area (Å²) in [5.74, 6) is -3.44. The van der Waals surface area contributed by atoms with E-state index in [2.05, 4.69) is 24.2 Å². The largest absolute Gasteiger partial charge is 0.480 e. The molecule has 0 saturated carbocycles. The van der Waals surface area contributed by atoms with Gasteiger partial charge in [-0.1, -0.05) is 39.3 Å². The number of esters is 1. The number of carboxylic acid groups (broad SMARTS) is 1. The molecule has 1 amide bonds. The van der Waals surface area contributed by atoms with Gasteiger partial charge in [-0.05, 0) is 63.4 Å². The number of ether oxygens (including phenoxy) is 1. The van der Waals surface area contributed by atoms with Crippen LogP contribution in [0.4, 0.5) is 0 Å². The number of nitrogens with zero attached hydrogens (tertiary/aromatic N) is 1. The number of hydrogen-bond acceptors (Lipinski definition) is 7. The van der Waals surface area contributed by atoms with Crippen LogP contribution in [0, 0.1) is 5.92 Å². The molecule has 5 N–H and O–H groups in total. The number of amides is 1. The van der Waals surface area contributed by atoms with Crippen molar-refractivity contribution < 1.29 is 29.3 Å². The number of carbonyl (C=O) groups is 3. The molecule has 1 aromatic rings. The van der Waals surface area contributed by atoms with E-state index in [1.54, 1.807) is 19.9 Å². The van der Waals surface area contributed by atoms with Crippen molar-refractivity contribution in [3.63, 3.8) is 0 Å². The summed E-state index contributed by atoms with van der Waals surface area (Å²) in [5.41, 5.74) is 4.47. The summed E-state index contributed by atoms with van der Waals surface area (Å²) in [4.78, 5) is 39.0. The highest BCUT2D eigenvalue weighted by molar-refractivity contribution is 5.94. The molecule has 0 aliphatic carbocycles. The van der Waals surface area contributed by atoms with E-state index in [9.17, 15) is 24.6 Å². The van der Waals surface area contributed by atoms with Crippen molar-refractivity contribution >= 4 is 17.8 Å². The number of nitrogens with one attached hydrogen (secondary N) is 1. The molecule has 0 radical (unpaired) electrons. The minimum absolute atomic E-state index is 0.0742. The van der Waals surface area contributed by atoms with Gasteiger partial charge in [0, 0.05) is 12.0 Å². The normalized spacial score (nSPS) is 22.8. The fraction of sp³-hybridized carbons (Fsp3) is 0.640. The standard InChI is InChI=1S/C25H39N3O6/c1-6-25(12-7-8-13-28(5)15-25)17-10-9-11-18(14-17)34-23(32)24(4,33)20(26)21(29)27-19(16(2)3)22(30)31/h9-11,14,16,19-20,33H,6-8,12-13,15,26H2,1-5H3,(H,27,29)(H,30,31)/t19-,20+,24+,25?/m0/s1. The fourth-order valence-corrected chi connectivity index (χ4v) is 4.49. The highest BCUT2D eigenvalue weighted by Crippen LogP contribution is 2.37. The Morgan fingerprint density at radius 3 is 2.56 bits per heavy atom. The van der Waals surface area contributed by atoms with Crippen LogP contribution in [0.3, 0.4) is 0 Å². The number of likely N-dealkylation sites (N-methyl/N-ethyl adjacent to an activating group) is 1. The zero-order valence-corrected chi connectivity index (χ0v) is 20.8. The van der Waals surface area contributed by atoms with Crippen LogP contribution >= 0.6 is 0 Å². The smallest absolute Gasteiger partial charge is 0.345 e. The molecule has 0 spiro atoms. The van der Waals surface area contributed by atoms with E-state index in [0.29, 0.717) is 0 Å². The van der Waals surface area contributed by atoms with Crippen molar-refractivity contribution in [1.82, 2.24) is 10.2 Å². The molecule has 34 heavy (non-hydrogen) atoms. The molecular formula is C25H39N3O6. The second kappa shape index (κ2) is 11.3. The molecule has 9 nitrogen and oxygen atoms in total. The number of hydrogen-bond donors (Lipinski definition) is 4. The molecule has 0 aromatic heterocycles. The molecule has 1 saturated heterocycles. The van der Waals surface area contributed by atoms with Crippen LogP contribution in [0.1, 0.15) is 58.9 Å². The summed E-state index contributed by atoms with van der Waals surface area (Å²) in [6, 6.07) is 4.33. The topological polar surface area (TPSA) is 142 Å². The molecule has 190 valence electrons. The molecule has 9 heteroatoms. The van der Waals surface area contributed by atoms with Crippen LogP contribution in [0.25, 0.3) is 0 Å². The summed E-state index contributed by atoms with van der Waals surface area (Å²) >= 11 is 0. The third-order valence-electron chi connectivity index (χ3n) is 6.88. The predicted molar refractivity (Wildman–Crippen MR) is 128 cm³/mol. The molecule has 1 heterocycles. The molecule has 0 bridgehead atoms. The molecule has 2 rings (SSSR count). The first kappa shape index (κ1) is 27.8. The Labute approximate surface area is 201 Å². The lowest BCUT2D eigenvalue weighted by molar-refractivity contribution is -0.159. The zero-order chi connectivity index (χ0) is 25.7. The minimum Gasteiger partial charge on any atom is -0.480 e. The van der Waals surface area contributed by atoms with Gasteiger partial charge in [0.15, 0.2) is 5.60 Å². The fourth-order valence-electron chi connectivity index (χ4n) is 4.49. The lowest BCUT2D eigenvalue weighted by Gasteiger charge is -2.35. The van der Waals surface area contributed by atoms with Gasteiger partial charge in [0.25, 0.3) is 0 Å². The maximum atomic E-state index is 12.8. The van der Waals surface area contributed by atoms with E-state index in [1.807, 2.05) is 18.2 Å². The van der Waals surface area contributed by atoms with Gasteiger partial charge in [0.1, 0.15) is 17.8 Å². The number of benzene rings is 1. The Balaban J connectivity index is 2.19. The quantitative estimate of drug-likeness (QED) is 0.311. The van der Waals surface area contributed by atoms with Crippen molar-refractivity contribution in [3.8, 4) is 5.75 Å². The molecule has 1 unspecified atom stereocenters. The number of aliphatic carboxylic acids is 1. The number of likely N-dealkylation sites (tertiary alicyclic amines) is 1. The van der Waals surface area contributed by atoms with E-state index in [-0.39, 0.29) is 11.2 Å². The number of carboxylic acids is 1. The van der Waals surface area contributed by atoms with Gasteiger partial charge in [-0.25, -0.2) is 9.59 Å². The monoisotopic (exact) mass is 477 g/mol.